The third kappa shape index (κ3) is 4.51. The Balaban J connectivity index is 1.50. The molecule has 2 unspecified atom stereocenters. The van der Waals surface area contributed by atoms with E-state index in [0.29, 0.717) is 23.2 Å². The molecular formula is C22H28ClN5O2. The van der Waals surface area contributed by atoms with Gasteiger partial charge in [0, 0.05) is 48.4 Å². The topological polar surface area (TPSA) is 88.9 Å². The number of hydrogen-bond donors (Lipinski definition) is 2. The molecule has 160 valence electrons. The van der Waals surface area contributed by atoms with Gasteiger partial charge in [-0.2, -0.15) is 5.10 Å². The van der Waals surface area contributed by atoms with Crippen molar-refractivity contribution >= 4 is 29.2 Å². The minimum Gasteiger partial charge on any atom is -0.354 e. The van der Waals surface area contributed by atoms with Crippen molar-refractivity contribution in [2.24, 2.45) is 11.8 Å². The summed E-state index contributed by atoms with van der Waals surface area (Å²) in [5.74, 6) is 0.859. The Hall–Kier alpha value is -2.41. The quantitative estimate of drug-likeness (QED) is 0.773. The number of rotatable bonds is 4. The molecule has 0 radical (unpaired) electrons. The molecule has 1 aliphatic carbocycles. The van der Waals surface area contributed by atoms with E-state index < -0.39 is 0 Å². The summed E-state index contributed by atoms with van der Waals surface area (Å²) in [5.41, 5.74) is 3.04. The van der Waals surface area contributed by atoms with Crippen LogP contribution in [-0.2, 0) is 22.6 Å². The molecule has 7 nitrogen and oxygen atoms in total. The van der Waals surface area contributed by atoms with Crippen molar-refractivity contribution in [3.8, 4) is 11.1 Å². The van der Waals surface area contributed by atoms with Crippen LogP contribution in [0.1, 0.15) is 51.6 Å². The molecule has 0 bridgehead atoms. The van der Waals surface area contributed by atoms with E-state index in [9.17, 15) is 9.59 Å². The fourth-order valence-corrected chi connectivity index (χ4v) is 4.82. The molecule has 2 amide bonds. The molecule has 1 fully saturated rings. The number of aromatic nitrogens is 3. The number of hydrogen-bond acceptors (Lipinski definition) is 4. The summed E-state index contributed by atoms with van der Waals surface area (Å²) in [6, 6.07) is 1.90. The molecule has 2 N–H and O–H groups in total. The summed E-state index contributed by atoms with van der Waals surface area (Å²) in [6.07, 6.45) is 8.84. The first-order valence-corrected chi connectivity index (χ1v) is 11.1. The molecule has 30 heavy (non-hydrogen) atoms. The van der Waals surface area contributed by atoms with Gasteiger partial charge in [0.2, 0.25) is 11.8 Å². The molecule has 2 aromatic heterocycles. The fourth-order valence-electron chi connectivity index (χ4n) is 4.61. The Kier molecular flexibility index (Phi) is 6.09. The van der Waals surface area contributed by atoms with Crippen molar-refractivity contribution in [3.05, 3.63) is 29.2 Å². The Bertz CT molecular complexity index is 957. The van der Waals surface area contributed by atoms with Gasteiger partial charge in [0.15, 0.2) is 0 Å². The van der Waals surface area contributed by atoms with Gasteiger partial charge in [0.1, 0.15) is 5.82 Å². The van der Waals surface area contributed by atoms with E-state index in [2.05, 4.69) is 32.3 Å². The third-order valence-corrected chi connectivity index (χ3v) is 6.46. The normalized spacial score (nSPS) is 23.5. The number of nitrogens with zero attached hydrogens (tertiary/aromatic N) is 3. The SMILES string of the molecule is CC(=O)NC1CCC[C@@H](C(=O)Nc2cc(-c3cnn4c3CCC(C)C4)c(Cl)cn2)C1. The van der Waals surface area contributed by atoms with Crippen molar-refractivity contribution in [2.45, 2.75) is 65.0 Å². The molecule has 0 spiro atoms. The van der Waals surface area contributed by atoms with Gasteiger partial charge in [-0.1, -0.05) is 24.9 Å². The van der Waals surface area contributed by atoms with Crippen LogP contribution in [0.15, 0.2) is 18.5 Å². The summed E-state index contributed by atoms with van der Waals surface area (Å²) in [6.45, 7) is 4.66. The number of carbonyl (C=O) groups is 2. The van der Waals surface area contributed by atoms with Crippen molar-refractivity contribution in [2.75, 3.05) is 5.32 Å². The standard InChI is InChI=1S/C22H28ClN5O2/c1-13-6-7-20-18(10-25-28(20)12-13)17-9-21(24-11-19(17)23)27-22(30)15-4-3-5-16(8-15)26-14(2)29/h9-11,13,15-16H,3-8,12H2,1-2H3,(H,26,29)(H,24,27,30)/t13?,15-,16?/m1/s1. The number of halogens is 1. The van der Waals surface area contributed by atoms with E-state index in [4.69, 9.17) is 11.6 Å². The van der Waals surface area contributed by atoms with E-state index in [1.54, 1.807) is 6.20 Å². The second-order valence-electron chi connectivity index (χ2n) is 8.63. The molecule has 2 aromatic rings. The van der Waals surface area contributed by atoms with Crippen molar-refractivity contribution in [1.82, 2.24) is 20.1 Å². The first kappa shape index (κ1) is 20.8. The van der Waals surface area contributed by atoms with Crippen LogP contribution < -0.4 is 10.6 Å². The van der Waals surface area contributed by atoms with Crippen LogP contribution in [0.3, 0.4) is 0 Å². The van der Waals surface area contributed by atoms with Gasteiger partial charge in [-0.15, -0.1) is 0 Å². The highest BCUT2D eigenvalue weighted by Gasteiger charge is 2.28. The maximum absolute atomic E-state index is 12.8. The van der Waals surface area contributed by atoms with Crippen molar-refractivity contribution in [1.29, 1.82) is 0 Å². The summed E-state index contributed by atoms with van der Waals surface area (Å²) < 4.78 is 2.06. The average molecular weight is 430 g/mol. The Morgan fingerprint density at radius 2 is 2.03 bits per heavy atom. The summed E-state index contributed by atoms with van der Waals surface area (Å²) in [4.78, 5) is 28.5. The first-order valence-electron chi connectivity index (χ1n) is 10.7. The number of pyridine rings is 1. The lowest BCUT2D eigenvalue weighted by Gasteiger charge is -2.28. The van der Waals surface area contributed by atoms with Gasteiger partial charge in [0.25, 0.3) is 0 Å². The highest BCUT2D eigenvalue weighted by Crippen LogP contribution is 2.35. The van der Waals surface area contributed by atoms with E-state index in [1.165, 1.54) is 12.6 Å². The van der Waals surface area contributed by atoms with Gasteiger partial charge < -0.3 is 10.6 Å². The highest BCUT2D eigenvalue weighted by molar-refractivity contribution is 6.33. The van der Waals surface area contributed by atoms with Gasteiger partial charge in [-0.3, -0.25) is 14.3 Å². The van der Waals surface area contributed by atoms with Gasteiger partial charge in [-0.25, -0.2) is 4.98 Å². The Morgan fingerprint density at radius 3 is 2.83 bits per heavy atom. The molecule has 0 saturated heterocycles. The van der Waals surface area contributed by atoms with Gasteiger partial charge in [-0.05, 0) is 44.1 Å². The zero-order chi connectivity index (χ0) is 21.3. The molecular weight excluding hydrogens is 402 g/mol. The number of anilines is 1. The number of carbonyl (C=O) groups excluding carboxylic acids is 2. The minimum atomic E-state index is -0.137. The lowest BCUT2D eigenvalue weighted by molar-refractivity contribution is -0.123. The first-order chi connectivity index (χ1) is 14.4. The van der Waals surface area contributed by atoms with Crippen LogP contribution in [0.4, 0.5) is 5.82 Å². The van der Waals surface area contributed by atoms with Crippen LogP contribution in [0.5, 0.6) is 0 Å². The van der Waals surface area contributed by atoms with E-state index in [0.717, 1.165) is 49.8 Å². The second kappa shape index (κ2) is 8.76. The zero-order valence-corrected chi connectivity index (χ0v) is 18.2. The average Bonchev–Trinajstić information content (AvgIpc) is 3.12. The number of amides is 2. The minimum absolute atomic E-state index is 0.0519. The maximum Gasteiger partial charge on any atom is 0.228 e. The molecule has 1 aliphatic heterocycles. The molecule has 2 aliphatic rings. The maximum atomic E-state index is 12.8. The molecule has 8 heteroatoms. The van der Waals surface area contributed by atoms with Crippen LogP contribution >= 0.6 is 11.6 Å². The lowest BCUT2D eigenvalue weighted by Crippen LogP contribution is -2.40. The van der Waals surface area contributed by atoms with Crippen LogP contribution in [-0.4, -0.2) is 32.6 Å². The Morgan fingerprint density at radius 1 is 1.20 bits per heavy atom. The summed E-state index contributed by atoms with van der Waals surface area (Å²) >= 11 is 6.46. The summed E-state index contributed by atoms with van der Waals surface area (Å²) in [7, 11) is 0. The molecule has 3 heterocycles. The predicted molar refractivity (Wildman–Crippen MR) is 116 cm³/mol. The van der Waals surface area contributed by atoms with Crippen molar-refractivity contribution in [3.63, 3.8) is 0 Å². The van der Waals surface area contributed by atoms with Gasteiger partial charge >= 0.3 is 0 Å². The zero-order valence-electron chi connectivity index (χ0n) is 17.4. The smallest absolute Gasteiger partial charge is 0.228 e. The highest BCUT2D eigenvalue weighted by atomic mass is 35.5. The van der Waals surface area contributed by atoms with E-state index in [-0.39, 0.29) is 23.8 Å². The molecule has 3 atom stereocenters. The van der Waals surface area contributed by atoms with E-state index >= 15 is 0 Å². The number of nitrogens with one attached hydrogen (secondary N) is 2. The predicted octanol–water partition coefficient (Wildman–Crippen LogP) is 3.81. The fraction of sp³-hybridized carbons (Fsp3) is 0.545. The summed E-state index contributed by atoms with van der Waals surface area (Å²) in [5, 5.41) is 11.0. The third-order valence-electron chi connectivity index (χ3n) is 6.16. The molecule has 0 aromatic carbocycles. The van der Waals surface area contributed by atoms with Crippen LogP contribution in [0.2, 0.25) is 5.02 Å². The molecule has 4 rings (SSSR count). The largest absolute Gasteiger partial charge is 0.354 e. The van der Waals surface area contributed by atoms with Crippen LogP contribution in [0.25, 0.3) is 11.1 Å². The van der Waals surface area contributed by atoms with Crippen molar-refractivity contribution < 1.29 is 9.59 Å². The lowest BCUT2D eigenvalue weighted by atomic mass is 9.85. The molecule has 1 saturated carbocycles. The van der Waals surface area contributed by atoms with E-state index in [1.807, 2.05) is 12.3 Å². The van der Waals surface area contributed by atoms with Crippen LogP contribution in [0, 0.1) is 11.8 Å². The Labute approximate surface area is 181 Å². The number of fused-ring (bicyclic) bond motifs is 1. The monoisotopic (exact) mass is 429 g/mol. The van der Waals surface area contributed by atoms with Gasteiger partial charge in [0.05, 0.1) is 11.2 Å². The second-order valence-corrected chi connectivity index (χ2v) is 9.04.